The number of nitrogens with zero attached hydrogens (tertiary/aromatic N) is 3. The molecule has 0 saturated heterocycles. The fourth-order valence-corrected chi connectivity index (χ4v) is 1.63. The third kappa shape index (κ3) is 3.74. The van der Waals surface area contributed by atoms with Gasteiger partial charge in [-0.2, -0.15) is 5.26 Å². The monoisotopic (exact) mass is 247 g/mol. The average molecular weight is 247 g/mol. The molecule has 0 atom stereocenters. The Labute approximate surface area is 107 Å². The molecular weight excluding hydrogens is 230 g/mol. The van der Waals surface area contributed by atoms with E-state index in [0.717, 1.165) is 6.42 Å². The summed E-state index contributed by atoms with van der Waals surface area (Å²) in [6.45, 7) is 4.90. The van der Waals surface area contributed by atoms with Crippen LogP contribution in [0.1, 0.15) is 25.8 Å². The number of hydrogen-bond acceptors (Lipinski definition) is 5. The van der Waals surface area contributed by atoms with Crippen molar-refractivity contribution in [1.29, 1.82) is 5.26 Å². The third-order valence-electron chi connectivity index (χ3n) is 2.33. The van der Waals surface area contributed by atoms with E-state index in [-0.39, 0.29) is 12.5 Å². The first kappa shape index (κ1) is 14.0. The fourth-order valence-electron chi connectivity index (χ4n) is 1.63. The van der Waals surface area contributed by atoms with Crippen LogP contribution in [0.25, 0.3) is 0 Å². The van der Waals surface area contributed by atoms with E-state index in [9.17, 15) is 4.79 Å². The van der Waals surface area contributed by atoms with E-state index in [1.165, 1.54) is 0 Å². The van der Waals surface area contributed by atoms with Crippen LogP contribution in [0.5, 0.6) is 0 Å². The maximum absolute atomic E-state index is 11.5. The molecule has 0 aromatic carbocycles. The molecule has 0 saturated carbocycles. The van der Waals surface area contributed by atoms with Gasteiger partial charge in [-0.05, 0) is 25.5 Å². The molecule has 96 valence electrons. The summed E-state index contributed by atoms with van der Waals surface area (Å²) in [5, 5.41) is 9.04. The Balaban J connectivity index is 2.90. The van der Waals surface area contributed by atoms with Crippen LogP contribution in [-0.4, -0.2) is 30.6 Å². The summed E-state index contributed by atoms with van der Waals surface area (Å²) >= 11 is 0. The molecule has 1 heterocycles. The van der Waals surface area contributed by atoms with Crippen LogP contribution in [0.15, 0.2) is 18.3 Å². The van der Waals surface area contributed by atoms with Crippen LogP contribution < -0.4 is 4.90 Å². The summed E-state index contributed by atoms with van der Waals surface area (Å²) in [7, 11) is 0. The Bertz CT molecular complexity index is 440. The van der Waals surface area contributed by atoms with E-state index < -0.39 is 0 Å². The fraction of sp³-hybridized carbons (Fsp3) is 0.462. The molecule has 1 rings (SSSR count). The van der Waals surface area contributed by atoms with E-state index in [4.69, 9.17) is 10.00 Å². The van der Waals surface area contributed by atoms with Gasteiger partial charge >= 0.3 is 5.97 Å². The number of nitriles is 1. The molecule has 0 bridgehead atoms. The Kier molecular flexibility index (Phi) is 5.65. The predicted octanol–water partition coefficient (Wildman–Crippen LogP) is 1.73. The Hall–Kier alpha value is -2.09. The first-order valence-corrected chi connectivity index (χ1v) is 5.98. The summed E-state index contributed by atoms with van der Waals surface area (Å²) in [6, 6.07) is 5.48. The first-order valence-electron chi connectivity index (χ1n) is 5.98. The van der Waals surface area contributed by atoms with Crippen molar-refractivity contribution in [2.45, 2.75) is 20.3 Å². The zero-order chi connectivity index (χ0) is 13.4. The molecule has 0 radical (unpaired) electrons. The van der Waals surface area contributed by atoms with Gasteiger partial charge in [0.15, 0.2) is 0 Å². The first-order chi connectivity index (χ1) is 8.72. The highest BCUT2D eigenvalue weighted by Gasteiger charge is 2.15. The van der Waals surface area contributed by atoms with Gasteiger partial charge in [-0.3, -0.25) is 4.79 Å². The number of hydrogen-bond donors (Lipinski definition) is 0. The van der Waals surface area contributed by atoms with E-state index in [0.29, 0.717) is 24.5 Å². The number of carbonyl (C=O) groups excluding carboxylic acids is 1. The second-order valence-corrected chi connectivity index (χ2v) is 3.71. The van der Waals surface area contributed by atoms with Crippen LogP contribution in [0.3, 0.4) is 0 Å². The van der Waals surface area contributed by atoms with Gasteiger partial charge < -0.3 is 9.64 Å². The molecule has 1 aromatic heterocycles. The molecule has 5 nitrogen and oxygen atoms in total. The number of aromatic nitrogens is 1. The highest BCUT2D eigenvalue weighted by molar-refractivity contribution is 5.76. The summed E-state index contributed by atoms with van der Waals surface area (Å²) < 4.78 is 4.92. The van der Waals surface area contributed by atoms with Gasteiger partial charge in [-0.1, -0.05) is 6.92 Å². The number of carbonyl (C=O) groups is 1. The standard InChI is InChI=1S/C13H17N3O2/c1-3-8-16(10-12(17)18-4-2)13-11(9-14)6-5-7-15-13/h5-7H,3-4,8,10H2,1-2H3. The minimum absolute atomic E-state index is 0.118. The number of ether oxygens (including phenoxy) is 1. The third-order valence-corrected chi connectivity index (χ3v) is 2.33. The molecule has 1 aromatic rings. The summed E-state index contributed by atoms with van der Waals surface area (Å²) in [4.78, 5) is 17.5. The summed E-state index contributed by atoms with van der Waals surface area (Å²) in [5.41, 5.74) is 0.468. The molecule has 0 unspecified atom stereocenters. The second kappa shape index (κ2) is 7.28. The zero-order valence-corrected chi connectivity index (χ0v) is 10.7. The lowest BCUT2D eigenvalue weighted by Gasteiger charge is -2.22. The van der Waals surface area contributed by atoms with Crippen molar-refractivity contribution in [3.8, 4) is 6.07 Å². The molecular formula is C13H17N3O2. The second-order valence-electron chi connectivity index (χ2n) is 3.71. The molecule has 0 fully saturated rings. The van der Waals surface area contributed by atoms with Gasteiger partial charge in [0.05, 0.1) is 12.2 Å². The summed E-state index contributed by atoms with van der Waals surface area (Å²) in [5.74, 6) is 0.232. The van der Waals surface area contributed by atoms with Gasteiger partial charge in [0.2, 0.25) is 0 Å². The minimum atomic E-state index is -0.305. The van der Waals surface area contributed by atoms with Crippen molar-refractivity contribution in [2.75, 3.05) is 24.6 Å². The van der Waals surface area contributed by atoms with E-state index >= 15 is 0 Å². The van der Waals surface area contributed by atoms with Crippen molar-refractivity contribution in [1.82, 2.24) is 4.98 Å². The molecule has 18 heavy (non-hydrogen) atoms. The quantitative estimate of drug-likeness (QED) is 0.716. The highest BCUT2D eigenvalue weighted by Crippen LogP contribution is 2.16. The lowest BCUT2D eigenvalue weighted by Crippen LogP contribution is -2.33. The Morgan fingerprint density at radius 1 is 1.56 bits per heavy atom. The van der Waals surface area contributed by atoms with Crippen LogP contribution in [0.4, 0.5) is 5.82 Å². The van der Waals surface area contributed by atoms with Gasteiger partial charge in [0, 0.05) is 12.7 Å². The van der Waals surface area contributed by atoms with Crippen molar-refractivity contribution in [3.63, 3.8) is 0 Å². The van der Waals surface area contributed by atoms with Crippen LogP contribution in [0, 0.1) is 11.3 Å². The molecule has 0 aliphatic carbocycles. The summed E-state index contributed by atoms with van der Waals surface area (Å²) in [6.07, 6.45) is 2.48. The molecule has 0 aliphatic heterocycles. The maximum atomic E-state index is 11.5. The molecule has 0 spiro atoms. The highest BCUT2D eigenvalue weighted by atomic mass is 16.5. The topological polar surface area (TPSA) is 66.2 Å². The normalized spacial score (nSPS) is 9.61. The molecule has 5 heteroatoms. The molecule has 0 aliphatic rings. The van der Waals surface area contributed by atoms with Crippen molar-refractivity contribution >= 4 is 11.8 Å². The van der Waals surface area contributed by atoms with E-state index in [2.05, 4.69) is 11.1 Å². The van der Waals surface area contributed by atoms with Crippen LogP contribution in [-0.2, 0) is 9.53 Å². The Morgan fingerprint density at radius 3 is 2.94 bits per heavy atom. The van der Waals surface area contributed by atoms with Crippen molar-refractivity contribution in [2.24, 2.45) is 0 Å². The van der Waals surface area contributed by atoms with Gasteiger partial charge in [-0.15, -0.1) is 0 Å². The predicted molar refractivity (Wildman–Crippen MR) is 68.1 cm³/mol. The van der Waals surface area contributed by atoms with Crippen molar-refractivity contribution in [3.05, 3.63) is 23.9 Å². The number of pyridine rings is 1. The number of esters is 1. The Morgan fingerprint density at radius 2 is 2.33 bits per heavy atom. The number of rotatable bonds is 6. The number of anilines is 1. The maximum Gasteiger partial charge on any atom is 0.325 e. The smallest absolute Gasteiger partial charge is 0.325 e. The van der Waals surface area contributed by atoms with E-state index in [1.54, 1.807) is 30.2 Å². The lowest BCUT2D eigenvalue weighted by atomic mass is 10.2. The average Bonchev–Trinajstić information content (AvgIpc) is 2.38. The van der Waals surface area contributed by atoms with Gasteiger partial charge in [-0.25, -0.2) is 4.98 Å². The SMILES string of the molecule is CCCN(CC(=O)OCC)c1ncccc1C#N. The van der Waals surface area contributed by atoms with Crippen LogP contribution in [0.2, 0.25) is 0 Å². The van der Waals surface area contributed by atoms with E-state index in [1.807, 2.05) is 6.92 Å². The largest absolute Gasteiger partial charge is 0.465 e. The zero-order valence-electron chi connectivity index (χ0n) is 10.7. The van der Waals surface area contributed by atoms with Gasteiger partial charge in [0.1, 0.15) is 18.4 Å². The molecule has 0 N–H and O–H groups in total. The lowest BCUT2D eigenvalue weighted by molar-refractivity contribution is -0.141. The van der Waals surface area contributed by atoms with Crippen molar-refractivity contribution < 1.29 is 9.53 Å². The molecule has 0 amide bonds. The van der Waals surface area contributed by atoms with Crippen LogP contribution >= 0.6 is 0 Å². The van der Waals surface area contributed by atoms with Gasteiger partial charge in [0.25, 0.3) is 0 Å². The minimum Gasteiger partial charge on any atom is -0.465 e.